The Balaban J connectivity index is 1.22. The molecular formula is C30H27N3O2. The molecule has 0 saturated carbocycles. The van der Waals surface area contributed by atoms with Crippen molar-refractivity contribution in [2.75, 3.05) is 5.32 Å². The second-order valence-electron chi connectivity index (χ2n) is 8.51. The van der Waals surface area contributed by atoms with Crippen LogP contribution in [0.5, 0.6) is 5.75 Å². The average molecular weight is 462 g/mol. The van der Waals surface area contributed by atoms with Crippen LogP contribution in [0.4, 0.5) is 5.69 Å². The van der Waals surface area contributed by atoms with E-state index in [1.165, 1.54) is 21.9 Å². The molecule has 0 aliphatic heterocycles. The predicted molar refractivity (Wildman–Crippen MR) is 140 cm³/mol. The first-order valence-electron chi connectivity index (χ1n) is 11.8. The molecule has 174 valence electrons. The summed E-state index contributed by atoms with van der Waals surface area (Å²) in [5.74, 6) is 0.638. The van der Waals surface area contributed by atoms with E-state index in [9.17, 15) is 4.79 Å². The second-order valence-corrected chi connectivity index (χ2v) is 8.51. The summed E-state index contributed by atoms with van der Waals surface area (Å²) in [5.41, 5.74) is 4.63. The summed E-state index contributed by atoms with van der Waals surface area (Å²) in [4.78, 5) is 12.9. The number of hydrogen-bond acceptors (Lipinski definition) is 3. The quantitative estimate of drug-likeness (QED) is 0.288. The van der Waals surface area contributed by atoms with Crippen LogP contribution >= 0.6 is 0 Å². The van der Waals surface area contributed by atoms with Crippen molar-refractivity contribution in [2.24, 2.45) is 0 Å². The highest BCUT2D eigenvalue weighted by Crippen LogP contribution is 2.20. The Morgan fingerprint density at radius 1 is 0.914 bits per heavy atom. The Morgan fingerprint density at radius 2 is 1.71 bits per heavy atom. The maximum atomic E-state index is 12.9. The highest BCUT2D eigenvalue weighted by Gasteiger charge is 2.10. The van der Waals surface area contributed by atoms with Crippen LogP contribution in [0, 0.1) is 0 Å². The molecule has 0 aliphatic carbocycles. The SMILES string of the molecule is CCc1ccc(OCc2cccc(C(=O)Nc3cnn(Cc4cccc5ccccc45)c3)c2)cc1. The van der Waals surface area contributed by atoms with E-state index < -0.39 is 0 Å². The molecule has 1 heterocycles. The first-order chi connectivity index (χ1) is 17.2. The highest BCUT2D eigenvalue weighted by atomic mass is 16.5. The van der Waals surface area contributed by atoms with Gasteiger partial charge in [-0.25, -0.2) is 0 Å². The number of fused-ring (bicyclic) bond motifs is 1. The van der Waals surface area contributed by atoms with Gasteiger partial charge in [0.15, 0.2) is 0 Å². The number of nitrogens with one attached hydrogen (secondary N) is 1. The van der Waals surface area contributed by atoms with Gasteiger partial charge in [0.1, 0.15) is 12.4 Å². The number of benzene rings is 4. The van der Waals surface area contributed by atoms with E-state index >= 15 is 0 Å². The van der Waals surface area contributed by atoms with E-state index in [1.807, 2.05) is 53.3 Å². The number of amides is 1. The van der Waals surface area contributed by atoms with Gasteiger partial charge in [-0.3, -0.25) is 9.48 Å². The zero-order valence-electron chi connectivity index (χ0n) is 19.6. The maximum Gasteiger partial charge on any atom is 0.255 e. The van der Waals surface area contributed by atoms with Crippen LogP contribution in [0.2, 0.25) is 0 Å². The fourth-order valence-corrected chi connectivity index (χ4v) is 4.11. The fraction of sp³-hybridized carbons (Fsp3) is 0.133. The summed E-state index contributed by atoms with van der Waals surface area (Å²) in [6.07, 6.45) is 4.53. The van der Waals surface area contributed by atoms with Gasteiger partial charge in [0.05, 0.1) is 18.4 Å². The Hall–Kier alpha value is -4.38. The minimum atomic E-state index is -0.177. The zero-order valence-corrected chi connectivity index (χ0v) is 19.6. The average Bonchev–Trinajstić information content (AvgIpc) is 3.34. The van der Waals surface area contributed by atoms with Crippen LogP contribution in [0.15, 0.2) is 103 Å². The molecule has 0 atom stereocenters. The molecule has 5 heteroatoms. The van der Waals surface area contributed by atoms with Gasteiger partial charge in [-0.05, 0) is 58.1 Å². The van der Waals surface area contributed by atoms with Gasteiger partial charge in [0.25, 0.3) is 5.91 Å². The number of anilines is 1. The van der Waals surface area contributed by atoms with Crippen LogP contribution in [0.1, 0.15) is 34.0 Å². The molecular weight excluding hydrogens is 434 g/mol. The molecule has 0 saturated heterocycles. The van der Waals surface area contributed by atoms with Crippen LogP contribution in [0.25, 0.3) is 10.8 Å². The first kappa shape index (κ1) is 22.4. The van der Waals surface area contributed by atoms with Gasteiger partial charge in [0, 0.05) is 11.8 Å². The molecule has 5 aromatic rings. The maximum absolute atomic E-state index is 12.9. The van der Waals surface area contributed by atoms with Crippen molar-refractivity contribution >= 4 is 22.4 Å². The van der Waals surface area contributed by atoms with Crippen molar-refractivity contribution in [3.8, 4) is 5.75 Å². The number of ether oxygens (including phenoxy) is 1. The number of rotatable bonds is 8. The molecule has 5 nitrogen and oxygen atoms in total. The summed E-state index contributed by atoms with van der Waals surface area (Å²) in [6, 6.07) is 30.2. The monoisotopic (exact) mass is 461 g/mol. The largest absolute Gasteiger partial charge is 0.489 e. The third kappa shape index (κ3) is 5.41. The zero-order chi connectivity index (χ0) is 24.0. The molecule has 0 bridgehead atoms. The van der Waals surface area contributed by atoms with Crippen LogP contribution in [-0.4, -0.2) is 15.7 Å². The minimum absolute atomic E-state index is 0.177. The molecule has 35 heavy (non-hydrogen) atoms. The van der Waals surface area contributed by atoms with Crippen molar-refractivity contribution in [1.29, 1.82) is 0 Å². The van der Waals surface area contributed by atoms with Crippen molar-refractivity contribution in [3.05, 3.63) is 126 Å². The van der Waals surface area contributed by atoms with Gasteiger partial charge in [-0.1, -0.05) is 73.7 Å². The minimum Gasteiger partial charge on any atom is -0.489 e. The molecule has 0 fully saturated rings. The van der Waals surface area contributed by atoms with Crippen LogP contribution < -0.4 is 10.1 Å². The summed E-state index contributed by atoms with van der Waals surface area (Å²) >= 11 is 0. The van der Waals surface area contributed by atoms with Gasteiger partial charge in [-0.2, -0.15) is 5.10 Å². The van der Waals surface area contributed by atoms with Crippen LogP contribution in [0.3, 0.4) is 0 Å². The van der Waals surface area contributed by atoms with Gasteiger partial charge in [0.2, 0.25) is 0 Å². The third-order valence-corrected chi connectivity index (χ3v) is 6.03. The first-order valence-corrected chi connectivity index (χ1v) is 11.8. The number of nitrogens with zero attached hydrogens (tertiary/aromatic N) is 2. The predicted octanol–water partition coefficient (Wildman–Crippen LogP) is 6.48. The molecule has 0 aliphatic rings. The third-order valence-electron chi connectivity index (χ3n) is 6.03. The van der Waals surface area contributed by atoms with E-state index in [0.29, 0.717) is 24.4 Å². The molecule has 4 aromatic carbocycles. The van der Waals surface area contributed by atoms with E-state index in [1.54, 1.807) is 12.3 Å². The number of carbonyl (C=O) groups is 1. The lowest BCUT2D eigenvalue weighted by atomic mass is 10.0. The molecule has 5 rings (SSSR count). The number of carbonyl (C=O) groups excluding carboxylic acids is 1. The normalized spacial score (nSPS) is 10.9. The van der Waals surface area contributed by atoms with Crippen molar-refractivity contribution in [1.82, 2.24) is 9.78 Å². The number of hydrogen-bond donors (Lipinski definition) is 1. The van der Waals surface area contributed by atoms with Crippen LogP contribution in [-0.2, 0) is 19.6 Å². The van der Waals surface area contributed by atoms with Crippen molar-refractivity contribution in [3.63, 3.8) is 0 Å². The number of aromatic nitrogens is 2. The van der Waals surface area contributed by atoms with E-state index in [0.717, 1.165) is 17.7 Å². The Labute approximate surface area is 205 Å². The summed E-state index contributed by atoms with van der Waals surface area (Å²) < 4.78 is 7.73. The lowest BCUT2D eigenvalue weighted by Gasteiger charge is -2.09. The Bertz CT molecular complexity index is 1450. The lowest BCUT2D eigenvalue weighted by Crippen LogP contribution is -2.12. The molecule has 1 N–H and O–H groups in total. The summed E-state index contributed by atoms with van der Waals surface area (Å²) in [7, 11) is 0. The summed E-state index contributed by atoms with van der Waals surface area (Å²) in [5, 5.41) is 9.80. The van der Waals surface area contributed by atoms with Gasteiger partial charge < -0.3 is 10.1 Å². The molecule has 1 aromatic heterocycles. The van der Waals surface area contributed by atoms with E-state index in [2.05, 4.69) is 59.8 Å². The van der Waals surface area contributed by atoms with Gasteiger partial charge >= 0.3 is 0 Å². The molecule has 0 spiro atoms. The Morgan fingerprint density at radius 3 is 2.57 bits per heavy atom. The van der Waals surface area contributed by atoms with Crippen molar-refractivity contribution < 1.29 is 9.53 Å². The number of aryl methyl sites for hydroxylation is 1. The fourth-order valence-electron chi connectivity index (χ4n) is 4.11. The van der Waals surface area contributed by atoms with Gasteiger partial charge in [-0.15, -0.1) is 0 Å². The second kappa shape index (κ2) is 10.3. The molecule has 1 amide bonds. The lowest BCUT2D eigenvalue weighted by molar-refractivity contribution is 0.102. The molecule has 0 unspecified atom stereocenters. The molecule has 0 radical (unpaired) electrons. The van der Waals surface area contributed by atoms with E-state index in [4.69, 9.17) is 4.74 Å². The summed E-state index contributed by atoms with van der Waals surface area (Å²) in [6.45, 7) is 3.15. The Kier molecular flexibility index (Phi) is 6.57. The standard InChI is InChI=1S/C30H27N3O2/c1-2-22-13-15-28(16-14-22)35-21-23-7-5-10-25(17-23)30(34)32-27-18-31-33(20-27)19-26-11-6-9-24-8-3-4-12-29(24)26/h3-18,20H,2,19,21H2,1H3,(H,32,34). The smallest absolute Gasteiger partial charge is 0.255 e. The highest BCUT2D eigenvalue weighted by molar-refractivity contribution is 6.04. The van der Waals surface area contributed by atoms with Crippen molar-refractivity contribution in [2.45, 2.75) is 26.5 Å². The van der Waals surface area contributed by atoms with E-state index in [-0.39, 0.29) is 5.91 Å². The topological polar surface area (TPSA) is 56.1 Å².